The Hall–Kier alpha value is -12.5. The van der Waals surface area contributed by atoms with Gasteiger partial charge in [-0.15, -0.1) is 5.73 Å². The van der Waals surface area contributed by atoms with Crippen LogP contribution in [0.4, 0.5) is 51.0 Å². The Morgan fingerprint density at radius 2 is 0.959 bits per heavy atom. The number of nitro groups is 4. The van der Waals surface area contributed by atoms with Gasteiger partial charge in [-0.2, -0.15) is 0 Å². The number of hydrogen-bond donors (Lipinski definition) is 12. The average Bonchev–Trinajstić information content (AvgIpc) is 1.64. The van der Waals surface area contributed by atoms with Crippen molar-refractivity contribution in [3.63, 3.8) is 0 Å². The Bertz CT molecular complexity index is 4070. The van der Waals surface area contributed by atoms with E-state index in [0.717, 1.165) is 42.0 Å². The number of halogens is 3. The summed E-state index contributed by atoms with van der Waals surface area (Å²) in [6.45, 7) is 19.8. The molecule has 5 aromatic carbocycles. The van der Waals surface area contributed by atoms with Gasteiger partial charge >= 0.3 is 30.0 Å². The molecule has 521 valence electrons. The van der Waals surface area contributed by atoms with E-state index in [0.29, 0.717) is 22.0 Å². The molecule has 3 saturated heterocycles. The van der Waals surface area contributed by atoms with E-state index in [9.17, 15) is 88.4 Å². The average molecular weight is 1380 g/mol. The molecule has 0 saturated carbocycles. The number of carboxylic acid groups (broad SMARTS) is 2. The molecule has 3 aliphatic rings. The van der Waals surface area contributed by atoms with Crippen molar-refractivity contribution >= 4 is 110 Å². The van der Waals surface area contributed by atoms with Gasteiger partial charge in [0.1, 0.15) is 39.1 Å². The number of aromatic amines is 1. The number of benzene rings is 5. The first kappa shape index (κ1) is 83.5. The van der Waals surface area contributed by atoms with Crippen molar-refractivity contribution in [1.29, 1.82) is 0 Å². The molecule has 98 heavy (non-hydrogen) atoms. The van der Waals surface area contributed by atoms with E-state index >= 15 is 0 Å². The molecule has 35 nitrogen and oxygen atoms in total. The molecular weight excluding hydrogens is 1310 g/mol. The quantitative estimate of drug-likeness (QED) is 0.0248. The maximum absolute atomic E-state index is 12.3. The number of aromatic nitrogens is 2. The number of nitrogens with one attached hydrogen (secondary N) is 8. The molecule has 3 atom stereocenters. The van der Waals surface area contributed by atoms with Gasteiger partial charge in [-0.3, -0.25) is 90.2 Å². The number of carboxylic acids is 2. The second-order valence-electron chi connectivity index (χ2n) is 20.8. The van der Waals surface area contributed by atoms with Crippen LogP contribution >= 0.6 is 0 Å². The summed E-state index contributed by atoms with van der Waals surface area (Å²) in [5.41, 5.74) is 6.85. The smallest absolute Gasteiger partial charge is 0.342 e. The molecule has 3 fully saturated rings. The zero-order chi connectivity index (χ0) is 76.6. The van der Waals surface area contributed by atoms with Crippen LogP contribution in [0.3, 0.4) is 0 Å². The van der Waals surface area contributed by atoms with Crippen LogP contribution in [0.5, 0.6) is 5.75 Å². The Labute approximate surface area is 560 Å². The summed E-state index contributed by atoms with van der Waals surface area (Å²) in [6.07, 6.45) is 0. The summed E-state index contributed by atoms with van der Waals surface area (Å²) in [6, 6.07) is 19.9. The lowest BCUT2D eigenvalue weighted by molar-refractivity contribution is -0.385. The Balaban J connectivity index is -0.00000113. The molecule has 0 spiro atoms. The van der Waals surface area contributed by atoms with Crippen molar-refractivity contribution < 1.29 is 96.4 Å². The minimum Gasteiger partial charge on any atom is -0.508 e. The Morgan fingerprint density at radius 1 is 0.612 bits per heavy atom. The van der Waals surface area contributed by atoms with Gasteiger partial charge in [-0.1, -0.05) is 48.6 Å². The highest BCUT2D eigenvalue weighted by Gasteiger charge is 2.44. The van der Waals surface area contributed by atoms with E-state index in [1.54, 1.807) is 52.8 Å². The summed E-state index contributed by atoms with van der Waals surface area (Å²) in [5, 5.41) is 87.6. The van der Waals surface area contributed by atoms with Crippen molar-refractivity contribution in [3.05, 3.63) is 205 Å². The topological polar surface area (TPSA) is 535 Å². The van der Waals surface area contributed by atoms with Crippen LogP contribution in [0.2, 0.25) is 0 Å². The normalized spacial score (nSPS) is 16.3. The first-order valence-corrected chi connectivity index (χ1v) is 27.1. The lowest BCUT2D eigenvalue weighted by Crippen LogP contribution is -2.52. The number of nitro benzene ring substituents is 4. The van der Waals surface area contributed by atoms with Crippen LogP contribution in [0, 0.1) is 75.1 Å². The standard InChI is InChI=1S/C13H14N4O5.C13H14N4O3.C8H7NO4.C8H9NO2.C7H5NO5.C5H9N3O2.C3H4.B3.F2.FH.2H2/c1-7-3-4-9(17(21)22)8(5-7)10(18)14-6-13(2)11(19)15-12(20)16-13;1-7-3-4-9-8(5-7)10(18)17(16-9)6-13(2)11(19)14-12(20)15-13;1-5-2-3-7(9(12)13)6(4-5)8(10)11;1-6-3-4-8(9(10)11)7(2)5-6;9-4-1-2-6(8(12)13)5(3-4)7(10)11;1-5(2-6)3(9)7-4(10)8-5;2*1-3-2;1-2;;;/h3-5H,6H2,1-2H3,(H,14,18)(H2,15,16,19,20);3-5,16H,6H2,1-2H3,(H2,14,15,19,20);2-4H,1H3,(H,10,11);3-5H,1-2H3;1-3,9H,(H,10,11);2,6H2,1H3,(H2,7,8,9,10);1-2H2;;;3*1H/i;;;;;;;;;;1+1D;1+1. The predicted molar refractivity (Wildman–Crippen MR) is 352 cm³/mol. The number of phenols is 1. The van der Waals surface area contributed by atoms with Crippen molar-refractivity contribution in [1.82, 2.24) is 47.0 Å². The number of H-pyrrole nitrogens is 1. The zero-order valence-corrected chi connectivity index (χ0v) is 53.1. The molecule has 0 bridgehead atoms. The molecule has 5 radical (unpaired) electrons. The SMILES string of the molecule is C=C=C.CC1(CN)NC(=O)NC1=O.Cc1ccc([N+](=O)[O-])c(C(=O)NCC2(C)NC(=O)NC2=O)c1.Cc1ccc([N+](=O)[O-])c(C(=O)O)c1.Cc1ccc([N+](=O)[O-])c(C)c1.Cc1ccc2[nH]n(CC3(C)NC(=O)NC3=O)c(=O)c2c1.F.FF.O=C(O)c1cc(O)ccc1[N+](=O)[O-].[2HH].[2H][2H].[B][B][B]. The molecule has 3 aliphatic heterocycles. The first-order chi connectivity index (χ1) is 46.2. The summed E-state index contributed by atoms with van der Waals surface area (Å²) in [4.78, 5) is 152. The van der Waals surface area contributed by atoms with Gasteiger partial charge < -0.3 is 42.3 Å². The monoisotopic (exact) mass is 1380 g/mol. The third kappa shape index (κ3) is 24.7. The summed E-state index contributed by atoms with van der Waals surface area (Å²) < 4.78 is 27.3. The highest BCUT2D eigenvalue weighted by Crippen LogP contribution is 2.25. The van der Waals surface area contributed by atoms with Gasteiger partial charge in [-0.05, 0) is 103 Å². The van der Waals surface area contributed by atoms with E-state index in [4.69, 9.17) is 33.2 Å². The fourth-order valence-corrected chi connectivity index (χ4v) is 8.01. The number of carbonyl (C=O) groups is 9. The lowest BCUT2D eigenvalue weighted by atomic mass is 9.40. The van der Waals surface area contributed by atoms with Crippen molar-refractivity contribution in [2.45, 2.75) is 78.6 Å². The van der Waals surface area contributed by atoms with Gasteiger partial charge in [0.05, 0.1) is 37.1 Å². The van der Waals surface area contributed by atoms with Crippen LogP contribution in [-0.4, -0.2) is 151 Å². The predicted octanol–water partition coefficient (Wildman–Crippen LogP) is 5.12. The molecule has 13 N–H and O–H groups in total. The number of phenolic OH excluding ortho intramolecular Hbond substituents is 1. The number of hydrogen-bond acceptors (Lipinski definition) is 20. The fraction of sp³-hybridized carbons (Fsp3) is 0.246. The highest BCUT2D eigenvalue weighted by molar-refractivity contribution is 7.17. The van der Waals surface area contributed by atoms with E-state index < -0.39 is 90.4 Å². The second-order valence-corrected chi connectivity index (χ2v) is 20.8. The van der Waals surface area contributed by atoms with Gasteiger partial charge in [-0.25, -0.2) is 28.7 Å². The molecule has 10 amide bonds. The summed E-state index contributed by atoms with van der Waals surface area (Å²) in [7, 11) is 10.0. The summed E-state index contributed by atoms with van der Waals surface area (Å²) in [5.74, 6) is -5.10. The first-order valence-electron chi connectivity index (χ1n) is 28.1. The van der Waals surface area contributed by atoms with Crippen LogP contribution < -0.4 is 48.5 Å². The molecule has 6 aromatic rings. The van der Waals surface area contributed by atoms with Crippen molar-refractivity contribution in [2.24, 2.45) is 5.73 Å². The number of nitrogens with two attached hydrogens (primary N) is 1. The van der Waals surface area contributed by atoms with E-state index in [2.05, 4.69) is 76.7 Å². The number of aromatic hydroxyl groups is 1. The number of imide groups is 3. The number of urea groups is 3. The van der Waals surface area contributed by atoms with Gasteiger partial charge in [0.15, 0.2) is 0 Å². The molecule has 9 rings (SSSR count). The fourth-order valence-electron chi connectivity index (χ4n) is 8.01. The number of nitrogens with zero attached hydrogens (tertiary/aromatic N) is 5. The Kier molecular flexibility index (Phi) is 32.9. The van der Waals surface area contributed by atoms with Crippen LogP contribution in [0.1, 0.15) is 84.1 Å². The minimum absolute atomic E-state index is 0. The molecule has 3 unspecified atom stereocenters. The minimum atomic E-state index is -1.44. The maximum Gasteiger partial charge on any atom is 0.342 e. The van der Waals surface area contributed by atoms with Crippen LogP contribution in [0.15, 0.2) is 115 Å². The van der Waals surface area contributed by atoms with Crippen LogP contribution in [0.25, 0.3) is 10.9 Å². The highest BCUT2D eigenvalue weighted by atomic mass is 20.0. The number of carbonyl (C=O) groups excluding carboxylic acids is 7. The Morgan fingerprint density at radius 3 is 1.34 bits per heavy atom. The van der Waals surface area contributed by atoms with Gasteiger partial charge in [0.2, 0.25) is 0 Å². The van der Waals surface area contributed by atoms with Gasteiger partial charge in [0.25, 0.3) is 51.9 Å². The number of aryl methyl sites for hydroxylation is 5. The van der Waals surface area contributed by atoms with Crippen molar-refractivity contribution in [2.75, 3.05) is 13.1 Å². The van der Waals surface area contributed by atoms with E-state index in [1.165, 1.54) is 54.1 Å². The molecular formula is C57H67B3F3N14O21. The second kappa shape index (κ2) is 38.6. The lowest BCUT2D eigenvalue weighted by Gasteiger charge is -2.20. The van der Waals surface area contributed by atoms with Crippen molar-refractivity contribution in [3.8, 4) is 5.75 Å². The van der Waals surface area contributed by atoms with Crippen LogP contribution in [-0.2, 0) is 20.9 Å². The summed E-state index contributed by atoms with van der Waals surface area (Å²) >= 11 is 0. The largest absolute Gasteiger partial charge is 0.508 e. The number of amides is 10. The number of fused-ring (bicyclic) bond motifs is 1. The molecule has 41 heteroatoms. The van der Waals surface area contributed by atoms with Gasteiger partial charge in [0, 0.05) is 85.1 Å². The number of rotatable bonds is 12. The molecule has 0 aliphatic carbocycles. The number of aromatic carboxylic acids is 2. The maximum atomic E-state index is 12.3. The molecule has 4 heterocycles. The zero-order valence-electron chi connectivity index (χ0n) is 55.1. The van der Waals surface area contributed by atoms with E-state index in [-0.39, 0.29) is 76.1 Å². The van der Waals surface area contributed by atoms with E-state index in [1.807, 2.05) is 26.0 Å². The molecule has 1 aromatic heterocycles. The third-order valence-corrected chi connectivity index (χ3v) is 12.9. The third-order valence-electron chi connectivity index (χ3n) is 12.9.